The molecule has 0 aromatic heterocycles. The van der Waals surface area contributed by atoms with Crippen molar-refractivity contribution in [3.63, 3.8) is 0 Å². The maximum absolute atomic E-state index is 10.9. The number of carboxylic acid groups (broad SMARTS) is 2. The third-order valence-electron chi connectivity index (χ3n) is 2.17. The zero-order valence-electron chi connectivity index (χ0n) is 9.51. The van der Waals surface area contributed by atoms with Gasteiger partial charge < -0.3 is 15.3 Å². The van der Waals surface area contributed by atoms with E-state index in [0.29, 0.717) is 18.4 Å². The summed E-state index contributed by atoms with van der Waals surface area (Å²) in [6.07, 6.45) is 1.05. The van der Waals surface area contributed by atoms with Crippen LogP contribution in [0.5, 0.6) is 0 Å². The van der Waals surface area contributed by atoms with Crippen molar-refractivity contribution >= 4 is 11.9 Å². The number of carboxylic acids is 2. The number of benzene rings is 1. The average molecular weight is 248 g/mol. The Morgan fingerprint density at radius 2 is 1.78 bits per heavy atom. The Kier molecular flexibility index (Phi) is 4.90. The summed E-state index contributed by atoms with van der Waals surface area (Å²) in [6.45, 7) is 0.0486. The van der Waals surface area contributed by atoms with Gasteiger partial charge in [0, 0.05) is 18.6 Å². The van der Waals surface area contributed by atoms with Crippen molar-refractivity contribution in [2.45, 2.75) is 12.8 Å². The van der Waals surface area contributed by atoms with Crippen LogP contribution in [-0.2, 0) is 0 Å². The largest absolute Gasteiger partial charge is 0.478 e. The number of hydrogen-bond donors (Lipinski definition) is 3. The number of hydrogen-bond acceptors (Lipinski definition) is 3. The first kappa shape index (κ1) is 13.7. The summed E-state index contributed by atoms with van der Waals surface area (Å²) in [4.78, 5) is 21.7. The Labute approximate surface area is 104 Å². The fourth-order valence-electron chi connectivity index (χ4n) is 1.32. The highest BCUT2D eigenvalue weighted by Crippen LogP contribution is 2.12. The van der Waals surface area contributed by atoms with Crippen molar-refractivity contribution in [1.29, 1.82) is 0 Å². The Hall–Kier alpha value is -2.32. The van der Waals surface area contributed by atoms with Gasteiger partial charge in [0.25, 0.3) is 0 Å². The summed E-state index contributed by atoms with van der Waals surface area (Å²) in [6, 6.07) is 3.92. The molecular weight excluding hydrogens is 236 g/mol. The summed E-state index contributed by atoms with van der Waals surface area (Å²) >= 11 is 0. The molecule has 1 aromatic carbocycles. The van der Waals surface area contributed by atoms with Crippen molar-refractivity contribution in [3.8, 4) is 11.8 Å². The smallest absolute Gasteiger partial charge is 0.336 e. The Bertz CT molecular complexity index is 522. The van der Waals surface area contributed by atoms with Gasteiger partial charge in [0.15, 0.2) is 0 Å². The molecule has 0 aliphatic rings. The van der Waals surface area contributed by atoms with Crippen LogP contribution in [0.25, 0.3) is 0 Å². The first-order chi connectivity index (χ1) is 8.56. The van der Waals surface area contributed by atoms with Gasteiger partial charge in [-0.1, -0.05) is 11.8 Å². The van der Waals surface area contributed by atoms with Gasteiger partial charge in [-0.15, -0.1) is 0 Å². The molecule has 0 atom stereocenters. The zero-order valence-corrected chi connectivity index (χ0v) is 9.51. The van der Waals surface area contributed by atoms with E-state index in [4.69, 9.17) is 15.3 Å². The van der Waals surface area contributed by atoms with Crippen LogP contribution in [0.2, 0.25) is 0 Å². The molecule has 3 N–H and O–H groups in total. The van der Waals surface area contributed by atoms with Gasteiger partial charge in [0.2, 0.25) is 0 Å². The summed E-state index contributed by atoms with van der Waals surface area (Å²) in [5, 5.41) is 26.3. The van der Waals surface area contributed by atoms with Gasteiger partial charge in [-0.3, -0.25) is 0 Å². The summed E-state index contributed by atoms with van der Waals surface area (Å²) in [7, 11) is 0. The van der Waals surface area contributed by atoms with Gasteiger partial charge in [-0.25, -0.2) is 9.59 Å². The third kappa shape index (κ3) is 3.61. The van der Waals surface area contributed by atoms with Crippen molar-refractivity contribution in [2.24, 2.45) is 0 Å². The van der Waals surface area contributed by atoms with Crippen molar-refractivity contribution < 1.29 is 24.9 Å². The van der Waals surface area contributed by atoms with Crippen LogP contribution < -0.4 is 0 Å². The van der Waals surface area contributed by atoms with Gasteiger partial charge in [-0.05, 0) is 24.6 Å². The number of aliphatic hydroxyl groups is 1. The van der Waals surface area contributed by atoms with E-state index in [1.165, 1.54) is 18.2 Å². The van der Waals surface area contributed by atoms with Crippen LogP contribution in [0, 0.1) is 11.8 Å². The quantitative estimate of drug-likeness (QED) is 0.550. The molecule has 0 saturated heterocycles. The zero-order chi connectivity index (χ0) is 13.5. The number of rotatable bonds is 4. The monoisotopic (exact) mass is 248 g/mol. The van der Waals surface area contributed by atoms with Gasteiger partial charge in [0.05, 0.1) is 11.1 Å². The van der Waals surface area contributed by atoms with E-state index >= 15 is 0 Å². The van der Waals surface area contributed by atoms with Crippen LogP contribution >= 0.6 is 0 Å². The summed E-state index contributed by atoms with van der Waals surface area (Å²) < 4.78 is 0. The first-order valence-corrected chi connectivity index (χ1v) is 5.26. The van der Waals surface area contributed by atoms with Crippen molar-refractivity contribution in [3.05, 3.63) is 34.9 Å². The van der Waals surface area contributed by atoms with Gasteiger partial charge in [-0.2, -0.15) is 0 Å². The molecular formula is C13H12O5. The second kappa shape index (κ2) is 6.42. The topological polar surface area (TPSA) is 94.8 Å². The second-order valence-electron chi connectivity index (χ2n) is 3.50. The highest BCUT2D eigenvalue weighted by molar-refractivity contribution is 6.01. The van der Waals surface area contributed by atoms with Crippen molar-refractivity contribution in [2.75, 3.05) is 6.61 Å². The summed E-state index contributed by atoms with van der Waals surface area (Å²) in [5.74, 6) is 2.91. The molecule has 5 nitrogen and oxygen atoms in total. The molecule has 0 unspecified atom stereocenters. The lowest BCUT2D eigenvalue weighted by Crippen LogP contribution is -2.08. The average Bonchev–Trinajstić information content (AvgIpc) is 2.34. The highest BCUT2D eigenvalue weighted by Gasteiger charge is 2.15. The van der Waals surface area contributed by atoms with E-state index in [9.17, 15) is 9.59 Å². The first-order valence-electron chi connectivity index (χ1n) is 5.26. The normalized spacial score (nSPS) is 9.39. The second-order valence-corrected chi connectivity index (χ2v) is 3.50. The molecule has 94 valence electrons. The third-order valence-corrected chi connectivity index (χ3v) is 2.17. The molecule has 18 heavy (non-hydrogen) atoms. The predicted molar refractivity (Wildman–Crippen MR) is 63.6 cm³/mol. The van der Waals surface area contributed by atoms with Crippen molar-refractivity contribution in [1.82, 2.24) is 0 Å². The van der Waals surface area contributed by atoms with E-state index in [-0.39, 0.29) is 17.7 Å². The highest BCUT2D eigenvalue weighted by atomic mass is 16.4. The molecule has 0 aliphatic heterocycles. The Morgan fingerprint density at radius 3 is 2.33 bits per heavy atom. The molecule has 0 spiro atoms. The predicted octanol–water partition coefficient (Wildman–Crippen LogP) is 1.21. The lowest BCUT2D eigenvalue weighted by molar-refractivity contribution is 0.0651. The molecule has 0 amide bonds. The minimum atomic E-state index is -1.30. The molecule has 0 heterocycles. The Balaban J connectivity index is 3.03. The number of unbranched alkanes of at least 4 members (excludes halogenated alkanes) is 1. The molecule has 0 fully saturated rings. The molecule has 0 bridgehead atoms. The standard InChI is InChI=1S/C13H12O5/c14-7-3-1-2-4-9-5-6-10(12(15)16)11(8-9)13(17)18/h5-6,8,14H,1,3,7H2,(H,15,16)(H,17,18). The maximum atomic E-state index is 10.9. The fraction of sp³-hybridized carbons (Fsp3) is 0.231. The molecule has 1 rings (SSSR count). The number of carbonyl (C=O) groups is 2. The van der Waals surface area contributed by atoms with E-state index in [0.717, 1.165) is 0 Å². The van der Waals surface area contributed by atoms with E-state index in [2.05, 4.69) is 11.8 Å². The van der Waals surface area contributed by atoms with E-state index in [1.807, 2.05) is 0 Å². The van der Waals surface area contributed by atoms with Gasteiger partial charge in [0.1, 0.15) is 0 Å². The van der Waals surface area contributed by atoms with Crippen LogP contribution in [0.1, 0.15) is 39.1 Å². The maximum Gasteiger partial charge on any atom is 0.336 e. The molecule has 0 saturated carbocycles. The SMILES string of the molecule is O=C(O)c1ccc(C#CCCCO)cc1C(=O)O. The minimum Gasteiger partial charge on any atom is -0.478 e. The van der Waals surface area contributed by atoms with Gasteiger partial charge >= 0.3 is 11.9 Å². The number of aromatic carboxylic acids is 2. The molecule has 5 heteroatoms. The van der Waals surface area contributed by atoms with Crippen LogP contribution in [0.3, 0.4) is 0 Å². The summed E-state index contributed by atoms with van der Waals surface area (Å²) in [5.41, 5.74) is -0.102. The molecule has 1 aromatic rings. The minimum absolute atomic E-state index is 0.0486. The number of aliphatic hydroxyl groups excluding tert-OH is 1. The van der Waals surface area contributed by atoms with Crippen LogP contribution in [0.4, 0.5) is 0 Å². The molecule has 0 radical (unpaired) electrons. The Morgan fingerprint density at radius 1 is 1.11 bits per heavy atom. The van der Waals surface area contributed by atoms with Crippen LogP contribution in [-0.4, -0.2) is 33.9 Å². The lowest BCUT2D eigenvalue weighted by atomic mass is 10.0. The van der Waals surface area contributed by atoms with Crippen LogP contribution in [0.15, 0.2) is 18.2 Å². The van der Waals surface area contributed by atoms with E-state index < -0.39 is 11.9 Å². The lowest BCUT2D eigenvalue weighted by Gasteiger charge is -2.01. The molecule has 0 aliphatic carbocycles. The van der Waals surface area contributed by atoms with E-state index in [1.54, 1.807) is 0 Å². The fourth-order valence-corrected chi connectivity index (χ4v) is 1.32.